The second-order valence-electron chi connectivity index (χ2n) is 3.01. The van der Waals surface area contributed by atoms with Crippen molar-refractivity contribution in [2.75, 3.05) is 0 Å². The largest absolute Gasteiger partial charge is 0.491 e. The van der Waals surface area contributed by atoms with Crippen LogP contribution in [0.1, 0.15) is 25.5 Å². The van der Waals surface area contributed by atoms with Gasteiger partial charge in [-0.3, -0.25) is 0 Å². The quantitative estimate of drug-likeness (QED) is 0.570. The van der Waals surface area contributed by atoms with E-state index in [9.17, 15) is 0 Å². The van der Waals surface area contributed by atoms with Gasteiger partial charge >= 0.3 is 7.12 Å². The second-order valence-corrected chi connectivity index (χ2v) is 3.72. The maximum absolute atomic E-state index is 9.00. The number of hydrogen-bond acceptors (Lipinski definition) is 4. The predicted octanol–water partition coefficient (Wildman–Crippen LogP) is 0.0423. The molecule has 0 aliphatic carbocycles. The zero-order valence-electron chi connectivity index (χ0n) is 7.40. The lowest BCUT2D eigenvalue weighted by molar-refractivity contribution is 0.424. The fourth-order valence-electron chi connectivity index (χ4n) is 1.04. The van der Waals surface area contributed by atoms with Crippen molar-refractivity contribution in [3.05, 3.63) is 16.6 Å². The summed E-state index contributed by atoms with van der Waals surface area (Å²) in [5.41, 5.74) is 1.01. The molecule has 0 radical (unpaired) electrons. The number of aromatic nitrogens is 2. The Labute approximate surface area is 85.3 Å². The molecule has 70 valence electrons. The molecular formula is C7H10BBrN2O2. The minimum Gasteiger partial charge on any atom is -0.423 e. The summed E-state index contributed by atoms with van der Waals surface area (Å²) in [7, 11) is -1.51. The number of nitrogens with zero attached hydrogens (tertiary/aromatic N) is 2. The molecule has 0 fully saturated rings. The molecule has 0 bridgehead atoms. The van der Waals surface area contributed by atoms with E-state index in [2.05, 4.69) is 25.9 Å². The molecule has 0 spiro atoms. The van der Waals surface area contributed by atoms with Crippen LogP contribution in [0.2, 0.25) is 0 Å². The molecule has 6 heteroatoms. The van der Waals surface area contributed by atoms with Gasteiger partial charge in [0.25, 0.3) is 0 Å². The first-order valence-electron chi connectivity index (χ1n) is 3.91. The van der Waals surface area contributed by atoms with Gasteiger partial charge in [0, 0.05) is 17.4 Å². The summed E-state index contributed by atoms with van der Waals surface area (Å²) in [6, 6.07) is 0. The second kappa shape index (κ2) is 4.17. The fraction of sp³-hybridized carbons (Fsp3) is 0.429. The first-order valence-corrected chi connectivity index (χ1v) is 4.70. The molecular weight excluding hydrogens is 235 g/mol. The molecule has 0 saturated carbocycles. The summed E-state index contributed by atoms with van der Waals surface area (Å²) < 4.78 is 0.459. The Morgan fingerprint density at radius 2 is 2.08 bits per heavy atom. The Morgan fingerprint density at radius 3 is 2.54 bits per heavy atom. The number of halogens is 1. The van der Waals surface area contributed by atoms with Crippen LogP contribution in [-0.4, -0.2) is 27.1 Å². The highest BCUT2D eigenvalue weighted by Gasteiger charge is 2.19. The van der Waals surface area contributed by atoms with Crippen LogP contribution in [0, 0.1) is 0 Å². The average molecular weight is 245 g/mol. The van der Waals surface area contributed by atoms with Crippen LogP contribution in [0.5, 0.6) is 0 Å². The zero-order valence-corrected chi connectivity index (χ0v) is 8.98. The fourth-order valence-corrected chi connectivity index (χ4v) is 1.34. The average Bonchev–Trinajstić information content (AvgIpc) is 2.03. The van der Waals surface area contributed by atoms with Crippen molar-refractivity contribution in [3.8, 4) is 0 Å². The van der Waals surface area contributed by atoms with Crippen molar-refractivity contribution >= 4 is 28.5 Å². The van der Waals surface area contributed by atoms with Gasteiger partial charge in [-0.05, 0) is 21.8 Å². The van der Waals surface area contributed by atoms with Crippen LogP contribution in [0.15, 0.2) is 10.9 Å². The lowest BCUT2D eigenvalue weighted by Gasteiger charge is -2.10. The third kappa shape index (κ3) is 2.49. The maximum Gasteiger partial charge on any atom is 0.491 e. The van der Waals surface area contributed by atoms with E-state index in [1.54, 1.807) is 0 Å². The summed E-state index contributed by atoms with van der Waals surface area (Å²) >= 11 is 3.13. The van der Waals surface area contributed by atoms with Crippen LogP contribution in [0.25, 0.3) is 0 Å². The van der Waals surface area contributed by atoms with E-state index in [1.807, 2.05) is 13.8 Å². The summed E-state index contributed by atoms with van der Waals surface area (Å²) in [4.78, 5) is 7.91. The first-order chi connectivity index (χ1) is 6.02. The van der Waals surface area contributed by atoms with E-state index in [-0.39, 0.29) is 5.92 Å². The monoisotopic (exact) mass is 244 g/mol. The van der Waals surface area contributed by atoms with E-state index in [0.29, 0.717) is 15.9 Å². The first kappa shape index (κ1) is 10.6. The van der Waals surface area contributed by atoms with Crippen LogP contribution in [0.3, 0.4) is 0 Å². The van der Waals surface area contributed by atoms with E-state index in [4.69, 9.17) is 10.0 Å². The van der Waals surface area contributed by atoms with E-state index < -0.39 is 7.12 Å². The molecule has 1 rings (SSSR count). The topological polar surface area (TPSA) is 66.2 Å². The normalized spacial score (nSPS) is 10.6. The van der Waals surface area contributed by atoms with E-state index in [0.717, 1.165) is 0 Å². The van der Waals surface area contributed by atoms with Gasteiger partial charge in [-0.15, -0.1) is 0 Å². The molecule has 1 aromatic rings. The van der Waals surface area contributed by atoms with Crippen molar-refractivity contribution in [2.24, 2.45) is 0 Å². The predicted molar refractivity (Wildman–Crippen MR) is 53.6 cm³/mol. The van der Waals surface area contributed by atoms with Crippen LogP contribution in [0.4, 0.5) is 0 Å². The van der Waals surface area contributed by atoms with Crippen LogP contribution < -0.4 is 5.46 Å². The van der Waals surface area contributed by atoms with Gasteiger partial charge in [0.05, 0.1) is 0 Å². The van der Waals surface area contributed by atoms with Gasteiger partial charge in [0.15, 0.2) is 4.73 Å². The van der Waals surface area contributed by atoms with Gasteiger partial charge in [0.2, 0.25) is 0 Å². The molecule has 0 unspecified atom stereocenters. The molecule has 0 saturated heterocycles. The van der Waals surface area contributed by atoms with E-state index in [1.165, 1.54) is 6.20 Å². The zero-order chi connectivity index (χ0) is 10.0. The molecule has 2 N–H and O–H groups in total. The van der Waals surface area contributed by atoms with Crippen molar-refractivity contribution in [3.63, 3.8) is 0 Å². The summed E-state index contributed by atoms with van der Waals surface area (Å²) in [5.74, 6) is 0.135. The molecule has 1 heterocycles. The van der Waals surface area contributed by atoms with Crippen molar-refractivity contribution < 1.29 is 10.0 Å². The molecule has 0 aromatic carbocycles. The smallest absolute Gasteiger partial charge is 0.423 e. The summed E-state index contributed by atoms with van der Waals surface area (Å²) in [5, 5.41) is 18.0. The summed E-state index contributed by atoms with van der Waals surface area (Å²) in [6.45, 7) is 3.86. The van der Waals surface area contributed by atoms with Gasteiger partial charge in [-0.2, -0.15) is 0 Å². The van der Waals surface area contributed by atoms with Crippen molar-refractivity contribution in [1.82, 2.24) is 9.97 Å². The molecule has 0 aliphatic rings. The third-order valence-corrected chi connectivity index (χ3v) is 2.03. The van der Waals surface area contributed by atoms with Gasteiger partial charge in [-0.25, -0.2) is 9.97 Å². The van der Waals surface area contributed by atoms with Gasteiger partial charge < -0.3 is 10.0 Å². The van der Waals surface area contributed by atoms with Crippen molar-refractivity contribution in [2.45, 2.75) is 19.8 Å². The Bertz CT molecular complexity index is 307. The highest BCUT2D eigenvalue weighted by atomic mass is 79.9. The van der Waals surface area contributed by atoms with Gasteiger partial charge in [-0.1, -0.05) is 13.8 Å². The van der Waals surface area contributed by atoms with Crippen molar-refractivity contribution in [1.29, 1.82) is 0 Å². The Kier molecular flexibility index (Phi) is 3.41. The summed E-state index contributed by atoms with van der Waals surface area (Å²) in [6.07, 6.45) is 1.41. The minimum absolute atomic E-state index is 0.135. The molecule has 0 amide bonds. The van der Waals surface area contributed by atoms with E-state index >= 15 is 0 Å². The third-order valence-electron chi connectivity index (χ3n) is 1.64. The Morgan fingerprint density at radius 1 is 1.46 bits per heavy atom. The highest BCUT2D eigenvalue weighted by Crippen LogP contribution is 2.11. The van der Waals surface area contributed by atoms with Gasteiger partial charge in [0.1, 0.15) is 0 Å². The van der Waals surface area contributed by atoms with Crippen LogP contribution >= 0.6 is 15.9 Å². The number of hydrogen-bond donors (Lipinski definition) is 2. The molecule has 0 atom stereocenters. The maximum atomic E-state index is 9.00. The SMILES string of the molecule is CC(C)c1nc(Br)ncc1B(O)O. The number of rotatable bonds is 2. The molecule has 0 aliphatic heterocycles. The van der Waals surface area contributed by atoms with Crippen LogP contribution in [-0.2, 0) is 0 Å². The molecule has 4 nitrogen and oxygen atoms in total. The molecule has 13 heavy (non-hydrogen) atoms. The Balaban J connectivity index is 3.19. The lowest BCUT2D eigenvalue weighted by Crippen LogP contribution is -2.35. The molecule has 1 aromatic heterocycles. The lowest BCUT2D eigenvalue weighted by atomic mass is 9.78. The standard InChI is InChI=1S/C7H10BBrN2O2/c1-4(2)6-5(8(12)13)3-10-7(9)11-6/h3-4,12-13H,1-2H3. The Hall–Kier alpha value is -0.455. The minimum atomic E-state index is -1.51. The highest BCUT2D eigenvalue weighted by molar-refractivity contribution is 9.10.